The molecule has 1 heterocycles. The molecule has 0 aromatic heterocycles. The largest absolute Gasteiger partial charge is 0.427 e. The lowest BCUT2D eigenvalue weighted by molar-refractivity contribution is 0.185. The monoisotopic (exact) mass is 189 g/mol. The first-order valence-electron chi connectivity index (χ1n) is 4.54. The normalized spacial score (nSPS) is 29.5. The first-order chi connectivity index (χ1) is 5.68. The van der Waals surface area contributed by atoms with Crippen molar-refractivity contribution < 1.29 is 8.85 Å². The molecular formula is C8H19NO2Si. The zero-order valence-corrected chi connectivity index (χ0v) is 9.46. The van der Waals surface area contributed by atoms with Crippen LogP contribution in [0.2, 0.25) is 6.04 Å². The zero-order chi connectivity index (χ0) is 9.19. The van der Waals surface area contributed by atoms with Crippen LogP contribution < -0.4 is 0 Å². The second-order valence-electron chi connectivity index (χ2n) is 3.47. The van der Waals surface area contributed by atoms with Crippen LogP contribution in [0.15, 0.2) is 0 Å². The van der Waals surface area contributed by atoms with E-state index in [1.54, 1.807) is 14.2 Å². The molecule has 0 radical (unpaired) electrons. The highest BCUT2D eigenvalue weighted by molar-refractivity contribution is 6.65. The molecule has 0 saturated carbocycles. The second-order valence-corrected chi connectivity index (χ2v) is 6.75. The Bertz CT molecular complexity index is 150. The maximum absolute atomic E-state index is 5.56. The maximum atomic E-state index is 5.56. The summed E-state index contributed by atoms with van der Waals surface area (Å²) in [6.07, 6.45) is 0. The number of rotatable bonds is 3. The quantitative estimate of drug-likeness (QED) is 0.623. The highest BCUT2D eigenvalue weighted by Crippen LogP contribution is 2.30. The minimum Gasteiger partial charge on any atom is -0.386 e. The Morgan fingerprint density at radius 1 is 1.42 bits per heavy atom. The molecule has 12 heavy (non-hydrogen) atoms. The lowest BCUT2D eigenvalue weighted by atomic mass is 10.2. The summed E-state index contributed by atoms with van der Waals surface area (Å²) >= 11 is 0. The fraction of sp³-hybridized carbons (Fsp3) is 1.00. The molecule has 1 atom stereocenters. The van der Waals surface area contributed by atoms with Crippen LogP contribution in [0.5, 0.6) is 0 Å². The average molecular weight is 189 g/mol. The van der Waals surface area contributed by atoms with Crippen LogP contribution in [0.3, 0.4) is 0 Å². The van der Waals surface area contributed by atoms with Gasteiger partial charge in [0.15, 0.2) is 0 Å². The van der Waals surface area contributed by atoms with Crippen LogP contribution in [-0.2, 0) is 8.85 Å². The van der Waals surface area contributed by atoms with Crippen LogP contribution in [0, 0.1) is 5.92 Å². The lowest BCUT2D eigenvalue weighted by Crippen LogP contribution is -2.52. The van der Waals surface area contributed by atoms with Gasteiger partial charge in [-0.2, -0.15) is 0 Å². The maximum Gasteiger partial charge on any atom is 0.427 e. The Labute approximate surface area is 76.0 Å². The first kappa shape index (κ1) is 10.2. The smallest absolute Gasteiger partial charge is 0.386 e. The molecule has 0 aliphatic carbocycles. The lowest BCUT2D eigenvalue weighted by Gasteiger charge is -2.30. The molecule has 3 nitrogen and oxygen atoms in total. The van der Waals surface area contributed by atoms with E-state index in [9.17, 15) is 0 Å². The molecule has 0 spiro atoms. The van der Waals surface area contributed by atoms with E-state index in [1.807, 2.05) is 0 Å². The first-order valence-corrected chi connectivity index (χ1v) is 6.51. The summed E-state index contributed by atoms with van der Waals surface area (Å²) in [5.41, 5.74) is 0. The molecule has 1 unspecified atom stereocenters. The molecule has 4 heteroatoms. The van der Waals surface area contributed by atoms with Crippen LogP contribution in [0.1, 0.15) is 13.8 Å². The van der Waals surface area contributed by atoms with Crippen molar-refractivity contribution >= 4 is 8.72 Å². The van der Waals surface area contributed by atoms with Crippen molar-refractivity contribution in [2.24, 2.45) is 5.92 Å². The second kappa shape index (κ2) is 3.87. The Balaban J connectivity index is 2.71. The highest BCUT2D eigenvalue weighted by atomic mass is 28.4. The van der Waals surface area contributed by atoms with Gasteiger partial charge in [-0.15, -0.1) is 0 Å². The van der Waals surface area contributed by atoms with Gasteiger partial charge < -0.3 is 8.85 Å². The van der Waals surface area contributed by atoms with Crippen LogP contribution in [0.4, 0.5) is 0 Å². The summed E-state index contributed by atoms with van der Waals surface area (Å²) in [4.78, 5) is 0. The van der Waals surface area contributed by atoms with E-state index >= 15 is 0 Å². The van der Waals surface area contributed by atoms with E-state index in [-0.39, 0.29) is 0 Å². The molecule has 0 N–H and O–H groups in total. The summed E-state index contributed by atoms with van der Waals surface area (Å²) < 4.78 is 13.5. The summed E-state index contributed by atoms with van der Waals surface area (Å²) in [5.74, 6) is 0.719. The Kier molecular flexibility index (Phi) is 3.28. The number of hydrogen-bond donors (Lipinski definition) is 0. The molecule has 0 aromatic rings. The number of hydrogen-bond acceptors (Lipinski definition) is 3. The number of nitrogens with zero attached hydrogens (tertiary/aromatic N) is 1. The van der Waals surface area contributed by atoms with E-state index in [2.05, 4.69) is 18.4 Å². The van der Waals surface area contributed by atoms with Crippen molar-refractivity contribution in [1.82, 2.24) is 4.57 Å². The molecule has 0 aromatic carbocycles. The van der Waals surface area contributed by atoms with Gasteiger partial charge in [0, 0.05) is 20.3 Å². The third-order valence-electron chi connectivity index (χ3n) is 2.64. The van der Waals surface area contributed by atoms with E-state index in [0.717, 1.165) is 25.1 Å². The van der Waals surface area contributed by atoms with Crippen LogP contribution in [0.25, 0.3) is 0 Å². The molecule has 1 saturated heterocycles. The molecule has 1 rings (SSSR count). The Hall–Kier alpha value is 0.0969. The van der Waals surface area contributed by atoms with Crippen molar-refractivity contribution in [3.63, 3.8) is 0 Å². The topological polar surface area (TPSA) is 21.7 Å². The summed E-state index contributed by atoms with van der Waals surface area (Å²) in [6, 6.07) is 1.10. The van der Waals surface area contributed by atoms with Gasteiger partial charge in [0.05, 0.1) is 0 Å². The van der Waals surface area contributed by atoms with Crippen molar-refractivity contribution in [3.05, 3.63) is 0 Å². The van der Waals surface area contributed by atoms with Gasteiger partial charge in [-0.3, -0.25) is 4.57 Å². The molecule has 1 aliphatic heterocycles. The Morgan fingerprint density at radius 3 is 2.33 bits per heavy atom. The molecule has 0 amide bonds. The third kappa shape index (κ3) is 1.57. The third-order valence-corrected chi connectivity index (χ3v) is 6.59. The van der Waals surface area contributed by atoms with Gasteiger partial charge in [0.25, 0.3) is 0 Å². The molecular weight excluding hydrogens is 170 g/mol. The predicted octanol–water partition coefficient (Wildman–Crippen LogP) is 1.19. The van der Waals surface area contributed by atoms with Crippen molar-refractivity contribution in [3.8, 4) is 0 Å². The van der Waals surface area contributed by atoms with Gasteiger partial charge in [-0.25, -0.2) is 0 Å². The van der Waals surface area contributed by atoms with E-state index in [1.165, 1.54) is 0 Å². The standard InChI is InChI=1S/C8H19NO2Si/c1-5-9-6-8(2)7-12(9,10-3)11-4/h8H,5-7H2,1-4H3. The predicted molar refractivity (Wildman–Crippen MR) is 51.0 cm³/mol. The minimum absolute atomic E-state index is 0.719. The fourth-order valence-corrected chi connectivity index (χ4v) is 5.38. The van der Waals surface area contributed by atoms with Gasteiger partial charge in [-0.1, -0.05) is 13.8 Å². The summed E-state index contributed by atoms with van der Waals surface area (Å²) in [5, 5.41) is 0. The van der Waals surface area contributed by atoms with Gasteiger partial charge in [0.1, 0.15) is 0 Å². The fourth-order valence-electron chi connectivity index (χ4n) is 2.03. The minimum atomic E-state index is -1.94. The van der Waals surface area contributed by atoms with E-state index in [4.69, 9.17) is 8.85 Å². The van der Waals surface area contributed by atoms with Crippen molar-refractivity contribution in [2.75, 3.05) is 27.3 Å². The van der Waals surface area contributed by atoms with Crippen LogP contribution >= 0.6 is 0 Å². The van der Waals surface area contributed by atoms with Crippen molar-refractivity contribution in [1.29, 1.82) is 0 Å². The average Bonchev–Trinajstić information content (AvgIpc) is 2.42. The van der Waals surface area contributed by atoms with Crippen molar-refractivity contribution in [2.45, 2.75) is 19.9 Å². The molecule has 1 fully saturated rings. The molecule has 72 valence electrons. The summed E-state index contributed by atoms with van der Waals surface area (Å²) in [6.45, 7) is 6.59. The zero-order valence-electron chi connectivity index (χ0n) is 8.46. The van der Waals surface area contributed by atoms with Crippen LogP contribution in [-0.4, -0.2) is 40.6 Å². The van der Waals surface area contributed by atoms with E-state index in [0.29, 0.717) is 0 Å². The molecule has 0 bridgehead atoms. The van der Waals surface area contributed by atoms with Gasteiger partial charge >= 0.3 is 8.72 Å². The van der Waals surface area contributed by atoms with Gasteiger partial charge in [0.2, 0.25) is 0 Å². The molecule has 1 aliphatic rings. The SMILES string of the molecule is CCN1CC(C)C[Si]1(OC)OC. The van der Waals surface area contributed by atoms with Gasteiger partial charge in [-0.05, 0) is 19.0 Å². The highest BCUT2D eigenvalue weighted by Gasteiger charge is 2.49. The Morgan fingerprint density at radius 2 is 2.00 bits per heavy atom. The van der Waals surface area contributed by atoms with E-state index < -0.39 is 8.72 Å². The summed E-state index contributed by atoms with van der Waals surface area (Å²) in [7, 11) is 1.61.